The van der Waals surface area contributed by atoms with E-state index in [1.165, 1.54) is 0 Å². The van der Waals surface area contributed by atoms with Gasteiger partial charge in [-0.3, -0.25) is 0 Å². The molecule has 0 aromatic heterocycles. The summed E-state index contributed by atoms with van der Waals surface area (Å²) in [5.41, 5.74) is -0.0949. The number of benzene rings is 1. The molecule has 0 bridgehead atoms. The minimum absolute atomic E-state index is 0.0949. The Labute approximate surface area is 105 Å². The third-order valence-electron chi connectivity index (χ3n) is 3.77. The molecule has 3 heteroatoms. The summed E-state index contributed by atoms with van der Waals surface area (Å²) in [5.74, 6) is 0.867. The van der Waals surface area contributed by atoms with Gasteiger partial charge in [0.25, 0.3) is 0 Å². The van der Waals surface area contributed by atoms with E-state index in [9.17, 15) is 5.11 Å². The molecule has 0 aliphatic heterocycles. The minimum atomic E-state index is -0.227. The SMILES string of the molecule is CCC1(C)C(O)CC1Oc1cccc(Br)c1. The van der Waals surface area contributed by atoms with E-state index < -0.39 is 0 Å². The Balaban J connectivity index is 2.06. The first-order valence-electron chi connectivity index (χ1n) is 5.66. The quantitative estimate of drug-likeness (QED) is 0.922. The Morgan fingerprint density at radius 1 is 1.56 bits per heavy atom. The van der Waals surface area contributed by atoms with Crippen LogP contribution in [0.5, 0.6) is 5.75 Å². The maximum absolute atomic E-state index is 9.78. The summed E-state index contributed by atoms with van der Waals surface area (Å²) >= 11 is 3.42. The smallest absolute Gasteiger partial charge is 0.120 e. The maximum atomic E-state index is 9.78. The van der Waals surface area contributed by atoms with E-state index in [1.807, 2.05) is 24.3 Å². The van der Waals surface area contributed by atoms with Crippen LogP contribution in [-0.4, -0.2) is 17.3 Å². The highest BCUT2D eigenvalue weighted by atomic mass is 79.9. The average Bonchev–Trinajstić information content (AvgIpc) is 2.27. The van der Waals surface area contributed by atoms with Crippen LogP contribution in [0.3, 0.4) is 0 Å². The lowest BCUT2D eigenvalue weighted by molar-refractivity contribution is -0.147. The molecule has 1 saturated carbocycles. The van der Waals surface area contributed by atoms with Crippen molar-refractivity contribution >= 4 is 15.9 Å². The van der Waals surface area contributed by atoms with Gasteiger partial charge in [-0.25, -0.2) is 0 Å². The lowest BCUT2D eigenvalue weighted by Gasteiger charge is -2.50. The predicted molar refractivity (Wildman–Crippen MR) is 67.6 cm³/mol. The Bertz CT molecular complexity index is 380. The first-order valence-corrected chi connectivity index (χ1v) is 6.46. The van der Waals surface area contributed by atoms with Gasteiger partial charge in [0.05, 0.1) is 6.10 Å². The zero-order valence-electron chi connectivity index (χ0n) is 9.61. The van der Waals surface area contributed by atoms with E-state index in [2.05, 4.69) is 29.8 Å². The Morgan fingerprint density at radius 2 is 2.31 bits per heavy atom. The van der Waals surface area contributed by atoms with Gasteiger partial charge in [0, 0.05) is 16.3 Å². The van der Waals surface area contributed by atoms with Crippen LogP contribution in [-0.2, 0) is 0 Å². The van der Waals surface area contributed by atoms with Crippen molar-refractivity contribution in [3.63, 3.8) is 0 Å². The van der Waals surface area contributed by atoms with E-state index in [0.29, 0.717) is 0 Å². The number of ether oxygens (including phenoxy) is 1. The highest BCUT2D eigenvalue weighted by molar-refractivity contribution is 9.10. The number of hydrogen-bond acceptors (Lipinski definition) is 2. The predicted octanol–water partition coefficient (Wildman–Crippen LogP) is 3.38. The minimum Gasteiger partial charge on any atom is -0.490 e. The summed E-state index contributed by atoms with van der Waals surface area (Å²) in [4.78, 5) is 0. The Kier molecular flexibility index (Phi) is 3.27. The Hall–Kier alpha value is -0.540. The third kappa shape index (κ3) is 1.98. The molecule has 1 aromatic rings. The average molecular weight is 285 g/mol. The van der Waals surface area contributed by atoms with Crippen molar-refractivity contribution in [2.24, 2.45) is 5.41 Å². The molecule has 2 rings (SSSR count). The zero-order valence-corrected chi connectivity index (χ0v) is 11.2. The van der Waals surface area contributed by atoms with Crippen molar-refractivity contribution in [1.82, 2.24) is 0 Å². The number of halogens is 1. The second kappa shape index (κ2) is 4.38. The second-order valence-electron chi connectivity index (χ2n) is 4.67. The standard InChI is InChI=1S/C13H17BrO2/c1-3-13(2)11(15)8-12(13)16-10-6-4-5-9(14)7-10/h4-7,11-12,15H,3,8H2,1-2H3. The van der Waals surface area contributed by atoms with Crippen LogP contribution in [0.4, 0.5) is 0 Å². The van der Waals surface area contributed by atoms with Gasteiger partial charge >= 0.3 is 0 Å². The molecular formula is C13H17BrO2. The van der Waals surface area contributed by atoms with Crippen LogP contribution in [0.15, 0.2) is 28.7 Å². The molecule has 88 valence electrons. The lowest BCUT2D eigenvalue weighted by Crippen LogP contribution is -2.57. The summed E-state index contributed by atoms with van der Waals surface area (Å²) < 4.78 is 6.93. The van der Waals surface area contributed by atoms with Crippen LogP contribution in [0.1, 0.15) is 26.7 Å². The van der Waals surface area contributed by atoms with Crippen molar-refractivity contribution in [1.29, 1.82) is 0 Å². The molecule has 0 saturated heterocycles. The van der Waals surface area contributed by atoms with Crippen molar-refractivity contribution < 1.29 is 9.84 Å². The van der Waals surface area contributed by atoms with Crippen molar-refractivity contribution in [3.8, 4) is 5.75 Å². The number of aliphatic hydroxyl groups is 1. The van der Waals surface area contributed by atoms with Crippen molar-refractivity contribution in [2.45, 2.75) is 38.9 Å². The fourth-order valence-corrected chi connectivity index (χ4v) is 2.52. The molecule has 1 aliphatic carbocycles. The second-order valence-corrected chi connectivity index (χ2v) is 5.59. The number of aliphatic hydroxyl groups excluding tert-OH is 1. The molecule has 3 unspecified atom stereocenters. The monoisotopic (exact) mass is 284 g/mol. The molecule has 1 fully saturated rings. The summed E-state index contributed by atoms with van der Waals surface area (Å²) in [5, 5.41) is 9.78. The van der Waals surface area contributed by atoms with E-state index in [4.69, 9.17) is 4.74 Å². The normalized spacial score (nSPS) is 33.2. The van der Waals surface area contributed by atoms with E-state index in [1.54, 1.807) is 0 Å². The molecule has 0 radical (unpaired) electrons. The molecule has 2 nitrogen and oxygen atoms in total. The summed E-state index contributed by atoms with van der Waals surface area (Å²) in [6.07, 6.45) is 1.57. The van der Waals surface area contributed by atoms with Crippen LogP contribution < -0.4 is 4.74 Å². The van der Waals surface area contributed by atoms with E-state index >= 15 is 0 Å². The first-order chi connectivity index (χ1) is 7.56. The van der Waals surface area contributed by atoms with E-state index in [0.717, 1.165) is 23.1 Å². The number of rotatable bonds is 3. The summed E-state index contributed by atoms with van der Waals surface area (Å²) in [6.45, 7) is 4.18. The largest absolute Gasteiger partial charge is 0.490 e. The van der Waals surface area contributed by atoms with Gasteiger partial charge in [-0.15, -0.1) is 0 Å². The summed E-state index contributed by atoms with van der Waals surface area (Å²) in [6, 6.07) is 7.84. The van der Waals surface area contributed by atoms with Gasteiger partial charge in [-0.1, -0.05) is 35.8 Å². The molecule has 3 atom stereocenters. The summed E-state index contributed by atoms with van der Waals surface area (Å²) in [7, 11) is 0. The highest BCUT2D eigenvalue weighted by Gasteiger charge is 2.51. The van der Waals surface area contributed by atoms with Gasteiger partial charge in [0.1, 0.15) is 11.9 Å². The van der Waals surface area contributed by atoms with Crippen LogP contribution in [0.2, 0.25) is 0 Å². The fraction of sp³-hybridized carbons (Fsp3) is 0.538. The van der Waals surface area contributed by atoms with Crippen molar-refractivity contribution in [2.75, 3.05) is 0 Å². The molecule has 0 spiro atoms. The van der Waals surface area contributed by atoms with Crippen LogP contribution >= 0.6 is 15.9 Å². The number of hydrogen-bond donors (Lipinski definition) is 1. The lowest BCUT2D eigenvalue weighted by atomic mass is 9.63. The molecule has 0 amide bonds. The van der Waals surface area contributed by atoms with Gasteiger partial charge in [-0.2, -0.15) is 0 Å². The third-order valence-corrected chi connectivity index (χ3v) is 4.26. The van der Waals surface area contributed by atoms with Gasteiger partial charge in [-0.05, 0) is 24.6 Å². The maximum Gasteiger partial charge on any atom is 0.120 e. The van der Waals surface area contributed by atoms with Gasteiger partial charge < -0.3 is 9.84 Å². The molecule has 1 aromatic carbocycles. The molecule has 1 N–H and O–H groups in total. The molecule has 1 aliphatic rings. The highest BCUT2D eigenvalue weighted by Crippen LogP contribution is 2.46. The van der Waals surface area contributed by atoms with Crippen molar-refractivity contribution in [3.05, 3.63) is 28.7 Å². The molecule has 0 heterocycles. The van der Waals surface area contributed by atoms with Gasteiger partial charge in [0.2, 0.25) is 0 Å². The van der Waals surface area contributed by atoms with Gasteiger partial charge in [0.15, 0.2) is 0 Å². The van der Waals surface area contributed by atoms with Crippen LogP contribution in [0, 0.1) is 5.41 Å². The van der Waals surface area contributed by atoms with E-state index in [-0.39, 0.29) is 17.6 Å². The zero-order chi connectivity index (χ0) is 11.8. The molecule has 16 heavy (non-hydrogen) atoms. The first kappa shape index (κ1) is 11.9. The van der Waals surface area contributed by atoms with Crippen LogP contribution in [0.25, 0.3) is 0 Å². The topological polar surface area (TPSA) is 29.5 Å². The fourth-order valence-electron chi connectivity index (χ4n) is 2.15. The molecular weight excluding hydrogens is 268 g/mol. The Morgan fingerprint density at radius 3 is 2.88 bits per heavy atom.